The summed E-state index contributed by atoms with van der Waals surface area (Å²) < 4.78 is 0. The van der Waals surface area contributed by atoms with Crippen LogP contribution in [0, 0.1) is 17.2 Å². The molecule has 1 heteroatoms. The van der Waals surface area contributed by atoms with E-state index in [1.807, 2.05) is 0 Å². The second kappa shape index (κ2) is 4.64. The van der Waals surface area contributed by atoms with Gasteiger partial charge >= 0.3 is 0 Å². The number of unbranched alkanes of at least 4 members (excludes halogenated alkanes) is 1. The van der Waals surface area contributed by atoms with Crippen LogP contribution in [-0.2, 0) is 0 Å². The third-order valence-electron chi connectivity index (χ3n) is 0.965. The van der Waals surface area contributed by atoms with Gasteiger partial charge in [0.15, 0.2) is 0 Å². The number of rotatable bonds is 3. The fourth-order valence-corrected chi connectivity index (χ4v) is 0.521. The van der Waals surface area contributed by atoms with Gasteiger partial charge in [-0.2, -0.15) is 5.26 Å². The van der Waals surface area contributed by atoms with E-state index in [0.717, 1.165) is 12.8 Å². The molecule has 0 bridgehead atoms. The average Bonchev–Trinajstić information content (AvgIpc) is 1.66. The summed E-state index contributed by atoms with van der Waals surface area (Å²) in [6, 6.07) is 2.11. The van der Waals surface area contributed by atoms with E-state index in [0.29, 0.717) is 6.42 Å². The lowest BCUT2D eigenvalue weighted by Gasteiger charge is -1.97. The van der Waals surface area contributed by atoms with Crippen molar-refractivity contribution >= 4 is 0 Å². The zero-order chi connectivity index (χ0) is 6.41. The summed E-state index contributed by atoms with van der Waals surface area (Å²) in [7, 11) is 0. The summed E-state index contributed by atoms with van der Waals surface area (Å²) >= 11 is 0. The van der Waals surface area contributed by atoms with Crippen molar-refractivity contribution in [2.24, 2.45) is 0 Å². The Balaban J connectivity index is 2.85. The van der Waals surface area contributed by atoms with Gasteiger partial charge in [0.1, 0.15) is 0 Å². The van der Waals surface area contributed by atoms with Gasteiger partial charge in [-0.25, -0.2) is 0 Å². The Kier molecular flexibility index (Phi) is 4.35. The van der Waals surface area contributed by atoms with Gasteiger partial charge in [0.25, 0.3) is 0 Å². The maximum Gasteiger partial charge on any atom is 0.0621 e. The van der Waals surface area contributed by atoms with E-state index >= 15 is 0 Å². The van der Waals surface area contributed by atoms with Crippen molar-refractivity contribution in [2.75, 3.05) is 0 Å². The van der Waals surface area contributed by atoms with E-state index in [1.54, 1.807) is 0 Å². The summed E-state index contributed by atoms with van der Waals surface area (Å²) in [4.78, 5) is 0. The number of nitriles is 1. The molecule has 0 fully saturated rings. The Hall–Kier alpha value is -0.510. The maximum absolute atomic E-state index is 8.12. The van der Waals surface area contributed by atoms with Crippen LogP contribution in [0.15, 0.2) is 0 Å². The Morgan fingerprint density at radius 2 is 2.12 bits per heavy atom. The van der Waals surface area contributed by atoms with E-state index in [1.165, 1.54) is 5.92 Å². The van der Waals surface area contributed by atoms with Crippen LogP contribution in [-0.4, -0.2) is 0 Å². The van der Waals surface area contributed by atoms with Gasteiger partial charge < -0.3 is 0 Å². The fraction of sp³-hybridized carbons (Fsp3) is 0.714. The molecule has 0 amide bonds. The summed E-state index contributed by atoms with van der Waals surface area (Å²) in [5, 5.41) is 8.12. The van der Waals surface area contributed by atoms with Crippen LogP contribution in [0.25, 0.3) is 0 Å². The van der Waals surface area contributed by atoms with Crippen molar-refractivity contribution in [3.8, 4) is 6.07 Å². The fourth-order valence-electron chi connectivity index (χ4n) is 0.521. The maximum atomic E-state index is 8.12. The van der Waals surface area contributed by atoms with Gasteiger partial charge in [-0.1, -0.05) is 13.8 Å². The lowest BCUT2D eigenvalue weighted by Crippen LogP contribution is -1.82. The zero-order valence-electron chi connectivity index (χ0n) is 5.57. The van der Waals surface area contributed by atoms with Crippen LogP contribution in [0.1, 0.15) is 33.1 Å². The molecule has 8 heavy (non-hydrogen) atoms. The van der Waals surface area contributed by atoms with Crippen LogP contribution in [0.3, 0.4) is 0 Å². The molecule has 0 aliphatic carbocycles. The van der Waals surface area contributed by atoms with Crippen molar-refractivity contribution in [2.45, 2.75) is 33.1 Å². The van der Waals surface area contributed by atoms with Crippen molar-refractivity contribution in [3.05, 3.63) is 5.92 Å². The highest BCUT2D eigenvalue weighted by molar-refractivity contribution is 4.79. The second-order valence-electron chi connectivity index (χ2n) is 2.22. The first kappa shape index (κ1) is 7.49. The first-order chi connectivity index (χ1) is 3.77. The largest absolute Gasteiger partial charge is 0.198 e. The van der Waals surface area contributed by atoms with E-state index < -0.39 is 0 Å². The standard InChI is InChI=1S/C7H12N/c1-7(2)5-3-4-6-8/h3-5H2,1-2H3. The van der Waals surface area contributed by atoms with Gasteiger partial charge in [0.2, 0.25) is 0 Å². The van der Waals surface area contributed by atoms with Crippen molar-refractivity contribution in [1.82, 2.24) is 0 Å². The Morgan fingerprint density at radius 1 is 1.50 bits per heavy atom. The molecule has 0 unspecified atom stereocenters. The van der Waals surface area contributed by atoms with Crippen LogP contribution in [0.4, 0.5) is 0 Å². The van der Waals surface area contributed by atoms with Crippen molar-refractivity contribution in [1.29, 1.82) is 5.26 Å². The van der Waals surface area contributed by atoms with Crippen molar-refractivity contribution < 1.29 is 0 Å². The monoisotopic (exact) mass is 110 g/mol. The van der Waals surface area contributed by atoms with E-state index in [2.05, 4.69) is 19.9 Å². The molecule has 0 heterocycles. The number of nitrogens with zero attached hydrogens (tertiary/aromatic N) is 1. The summed E-state index contributed by atoms with van der Waals surface area (Å²) in [5.74, 6) is 1.42. The van der Waals surface area contributed by atoms with E-state index in [-0.39, 0.29) is 0 Å². The summed E-state index contributed by atoms with van der Waals surface area (Å²) in [5.41, 5.74) is 0. The molecule has 0 spiro atoms. The number of hydrogen-bond donors (Lipinski definition) is 0. The van der Waals surface area contributed by atoms with Gasteiger partial charge in [-0.05, 0) is 18.8 Å². The van der Waals surface area contributed by atoms with Crippen LogP contribution >= 0.6 is 0 Å². The molecule has 0 N–H and O–H groups in total. The molecule has 0 saturated carbocycles. The molecule has 0 aromatic rings. The molecule has 0 aromatic carbocycles. The van der Waals surface area contributed by atoms with Gasteiger partial charge in [0, 0.05) is 6.42 Å². The molecule has 0 atom stereocenters. The topological polar surface area (TPSA) is 23.8 Å². The van der Waals surface area contributed by atoms with Gasteiger partial charge in [0.05, 0.1) is 6.07 Å². The lowest BCUT2D eigenvalue weighted by molar-refractivity contribution is 0.765. The minimum absolute atomic E-state index is 0.700. The highest BCUT2D eigenvalue weighted by Crippen LogP contribution is 2.06. The normalized spacial score (nSPS) is 9.25. The van der Waals surface area contributed by atoms with Crippen LogP contribution in [0.2, 0.25) is 0 Å². The third-order valence-corrected chi connectivity index (χ3v) is 0.965. The van der Waals surface area contributed by atoms with Gasteiger partial charge in [-0.15, -0.1) is 0 Å². The Labute approximate surface area is 51.3 Å². The molecular weight excluding hydrogens is 98.1 g/mol. The molecule has 0 aromatic heterocycles. The molecule has 0 rings (SSSR count). The molecule has 0 aliphatic heterocycles. The molecule has 45 valence electrons. The highest BCUT2D eigenvalue weighted by atomic mass is 14.2. The molecular formula is C7H12N. The molecule has 0 aliphatic rings. The number of hydrogen-bond acceptors (Lipinski definition) is 1. The summed E-state index contributed by atoms with van der Waals surface area (Å²) in [6.07, 6.45) is 2.83. The highest BCUT2D eigenvalue weighted by Gasteiger charge is 1.91. The molecule has 1 radical (unpaired) electrons. The second-order valence-corrected chi connectivity index (χ2v) is 2.22. The minimum atomic E-state index is 0.700. The molecule has 1 nitrogen and oxygen atoms in total. The van der Waals surface area contributed by atoms with Crippen molar-refractivity contribution in [3.63, 3.8) is 0 Å². The van der Waals surface area contributed by atoms with Crippen LogP contribution < -0.4 is 0 Å². The zero-order valence-corrected chi connectivity index (χ0v) is 5.57. The third kappa shape index (κ3) is 5.49. The lowest BCUT2D eigenvalue weighted by atomic mass is 10.1. The summed E-state index contributed by atoms with van der Waals surface area (Å²) in [6.45, 7) is 4.19. The Morgan fingerprint density at radius 3 is 2.50 bits per heavy atom. The van der Waals surface area contributed by atoms with E-state index in [9.17, 15) is 0 Å². The van der Waals surface area contributed by atoms with E-state index in [4.69, 9.17) is 5.26 Å². The SMILES string of the molecule is C[C](C)CCCC#N. The molecule has 0 saturated heterocycles. The predicted molar refractivity (Wildman–Crippen MR) is 34.1 cm³/mol. The first-order valence-corrected chi connectivity index (χ1v) is 2.93. The van der Waals surface area contributed by atoms with Gasteiger partial charge in [-0.3, -0.25) is 0 Å². The predicted octanol–water partition coefficient (Wildman–Crippen LogP) is 2.29. The minimum Gasteiger partial charge on any atom is -0.198 e. The Bertz CT molecular complexity index is 78.9. The van der Waals surface area contributed by atoms with Crippen LogP contribution in [0.5, 0.6) is 0 Å². The quantitative estimate of drug-likeness (QED) is 0.511. The average molecular weight is 110 g/mol. The first-order valence-electron chi connectivity index (χ1n) is 2.93. The smallest absolute Gasteiger partial charge is 0.0621 e.